The number of hydrogen-bond donors (Lipinski definition) is 6. The lowest BCUT2D eigenvalue weighted by molar-refractivity contribution is -0.302. The molecule has 1 saturated heterocycles. The maximum atomic E-state index is 13.1. The molecule has 0 radical (unpaired) electrons. The van der Waals surface area contributed by atoms with Crippen LogP contribution in [-0.4, -0.2) is 87.5 Å². The van der Waals surface area contributed by atoms with Gasteiger partial charge in [-0.2, -0.15) is 0 Å². The van der Waals surface area contributed by atoms with E-state index in [-0.39, 0.29) is 12.5 Å². The van der Waals surface area contributed by atoms with Gasteiger partial charge in [0.1, 0.15) is 24.4 Å². The number of nitrogens with one attached hydrogen (secondary N) is 1. The van der Waals surface area contributed by atoms with E-state index in [1.165, 1.54) is 257 Å². The van der Waals surface area contributed by atoms with E-state index < -0.39 is 49.5 Å². The summed E-state index contributed by atoms with van der Waals surface area (Å²) >= 11 is 0. The quantitative estimate of drug-likeness (QED) is 0.0261. The Labute approximate surface area is 494 Å². The highest BCUT2D eigenvalue weighted by atomic mass is 16.7. The molecule has 6 N–H and O–H groups in total. The van der Waals surface area contributed by atoms with E-state index >= 15 is 0 Å². The SMILES string of the molecule is CCCCCCC/C=C\C/C=C\CCCCCCCCCCCCCCCCCCCCCCCCCC(=O)NC(COC1OC(CO)C(O)C(O)C1O)C(O)/C=C/CC/C=C/CC/C=C/CCCCCCCCCCCCCC. The van der Waals surface area contributed by atoms with Crippen molar-refractivity contribution in [1.29, 1.82) is 0 Å². The lowest BCUT2D eigenvalue weighted by Crippen LogP contribution is -2.60. The second kappa shape index (κ2) is 60.0. The summed E-state index contributed by atoms with van der Waals surface area (Å²) in [5, 5.41) is 54.7. The molecule has 80 heavy (non-hydrogen) atoms. The number of aliphatic hydroxyl groups is 5. The highest BCUT2D eigenvalue weighted by molar-refractivity contribution is 5.76. The normalized spacial score (nSPS) is 18.8. The van der Waals surface area contributed by atoms with Crippen molar-refractivity contribution < 1.29 is 39.8 Å². The minimum absolute atomic E-state index is 0.186. The van der Waals surface area contributed by atoms with Gasteiger partial charge in [-0.3, -0.25) is 4.79 Å². The number of amides is 1. The second-order valence-corrected chi connectivity index (χ2v) is 24.0. The molecule has 468 valence electrons. The molecule has 1 aliphatic rings. The summed E-state index contributed by atoms with van der Waals surface area (Å²) in [6, 6.07) is -0.830. The Balaban J connectivity index is 2.13. The summed E-state index contributed by atoms with van der Waals surface area (Å²) in [6.07, 6.45) is 76.2. The topological polar surface area (TPSA) is 149 Å². The van der Waals surface area contributed by atoms with Crippen molar-refractivity contribution in [3.05, 3.63) is 60.8 Å². The first-order chi connectivity index (χ1) is 39.3. The molecule has 1 heterocycles. The van der Waals surface area contributed by atoms with Gasteiger partial charge in [-0.1, -0.05) is 306 Å². The number of carbonyl (C=O) groups is 1. The first-order valence-electron chi connectivity index (χ1n) is 34.5. The number of aliphatic hydroxyl groups excluding tert-OH is 5. The molecular formula is C71H131NO8. The molecule has 0 aromatic carbocycles. The van der Waals surface area contributed by atoms with Gasteiger partial charge in [-0.15, -0.1) is 0 Å². The summed E-state index contributed by atoms with van der Waals surface area (Å²) < 4.78 is 11.3. The van der Waals surface area contributed by atoms with E-state index in [0.29, 0.717) is 6.42 Å². The van der Waals surface area contributed by atoms with Gasteiger partial charge in [-0.25, -0.2) is 0 Å². The van der Waals surface area contributed by atoms with Crippen LogP contribution in [-0.2, 0) is 14.3 Å². The van der Waals surface area contributed by atoms with Gasteiger partial charge in [0.05, 0.1) is 25.4 Å². The fourth-order valence-electron chi connectivity index (χ4n) is 10.9. The number of rotatable bonds is 60. The predicted molar refractivity (Wildman–Crippen MR) is 341 cm³/mol. The number of hydrogen-bond acceptors (Lipinski definition) is 8. The Morgan fingerprint density at radius 1 is 0.425 bits per heavy atom. The lowest BCUT2D eigenvalue weighted by atomic mass is 9.99. The minimum Gasteiger partial charge on any atom is -0.394 e. The monoisotopic (exact) mass is 1130 g/mol. The molecule has 1 amide bonds. The smallest absolute Gasteiger partial charge is 0.220 e. The number of carbonyl (C=O) groups excluding carboxylic acids is 1. The van der Waals surface area contributed by atoms with Crippen molar-refractivity contribution >= 4 is 5.91 Å². The zero-order valence-electron chi connectivity index (χ0n) is 52.3. The van der Waals surface area contributed by atoms with Crippen molar-refractivity contribution in [3.63, 3.8) is 0 Å². The molecule has 0 aromatic heterocycles. The van der Waals surface area contributed by atoms with Crippen LogP contribution in [0.2, 0.25) is 0 Å². The van der Waals surface area contributed by atoms with E-state index in [2.05, 4.69) is 67.8 Å². The van der Waals surface area contributed by atoms with Crippen LogP contribution in [0, 0.1) is 0 Å². The Hall–Kier alpha value is -2.11. The number of ether oxygens (including phenoxy) is 2. The van der Waals surface area contributed by atoms with Crippen LogP contribution >= 0.6 is 0 Å². The molecule has 1 rings (SSSR count). The third kappa shape index (κ3) is 48.3. The van der Waals surface area contributed by atoms with Gasteiger partial charge in [0.2, 0.25) is 5.91 Å². The second-order valence-electron chi connectivity index (χ2n) is 24.0. The summed E-state index contributed by atoms with van der Waals surface area (Å²) in [5.74, 6) is -0.186. The Kier molecular flexibility index (Phi) is 57.0. The highest BCUT2D eigenvalue weighted by Crippen LogP contribution is 2.23. The standard InChI is InChI=1S/C71H131NO8/c1-3-5-7-9-11-13-15-17-19-21-23-25-27-28-29-30-31-32-33-34-35-36-37-38-39-41-43-45-47-49-51-53-55-57-59-61-67(75)72-64(63-79-71-70(78)69(77)68(76)66(62-73)80-71)65(74)60-58-56-54-52-50-48-46-44-42-40-26-24-22-20-18-16-14-12-10-8-6-4-2/h15,17,21,23,42,44,50,52,58,60,64-66,68-71,73-74,76-78H,3-14,16,18-20,22,24-41,43,45-49,51,53-57,59,61-63H2,1-2H3,(H,72,75)/b17-15-,23-21-,44-42+,52-50+,60-58+. The van der Waals surface area contributed by atoms with Crippen LogP contribution < -0.4 is 5.32 Å². The van der Waals surface area contributed by atoms with Crippen molar-refractivity contribution in [1.82, 2.24) is 5.32 Å². The Morgan fingerprint density at radius 3 is 1.12 bits per heavy atom. The molecule has 9 heteroatoms. The fraction of sp³-hybridized carbons (Fsp3) is 0.845. The minimum atomic E-state index is -1.58. The van der Waals surface area contributed by atoms with E-state index in [9.17, 15) is 30.3 Å². The molecule has 0 bridgehead atoms. The zero-order valence-corrected chi connectivity index (χ0v) is 52.3. The summed E-state index contributed by atoms with van der Waals surface area (Å²) in [6.45, 7) is 3.78. The Morgan fingerprint density at radius 2 is 0.750 bits per heavy atom. The lowest BCUT2D eigenvalue weighted by Gasteiger charge is -2.40. The molecule has 0 aromatic rings. The van der Waals surface area contributed by atoms with Gasteiger partial charge in [0.15, 0.2) is 6.29 Å². The van der Waals surface area contributed by atoms with Crippen LogP contribution in [0.15, 0.2) is 60.8 Å². The maximum absolute atomic E-state index is 13.1. The van der Waals surface area contributed by atoms with Crippen LogP contribution in [0.25, 0.3) is 0 Å². The van der Waals surface area contributed by atoms with Crippen LogP contribution in [0.4, 0.5) is 0 Å². The summed E-state index contributed by atoms with van der Waals surface area (Å²) in [4.78, 5) is 13.1. The number of allylic oxidation sites excluding steroid dienone is 9. The van der Waals surface area contributed by atoms with Gasteiger partial charge in [0, 0.05) is 6.42 Å². The zero-order chi connectivity index (χ0) is 57.9. The molecule has 1 aliphatic heterocycles. The third-order valence-electron chi connectivity index (χ3n) is 16.3. The first kappa shape index (κ1) is 75.9. The van der Waals surface area contributed by atoms with Crippen molar-refractivity contribution in [2.75, 3.05) is 13.2 Å². The van der Waals surface area contributed by atoms with E-state index in [0.717, 1.165) is 51.4 Å². The molecule has 9 nitrogen and oxygen atoms in total. The van der Waals surface area contributed by atoms with E-state index in [4.69, 9.17) is 9.47 Å². The molecular weight excluding hydrogens is 995 g/mol. The summed E-state index contributed by atoms with van der Waals surface area (Å²) in [7, 11) is 0. The van der Waals surface area contributed by atoms with E-state index in [1.54, 1.807) is 6.08 Å². The van der Waals surface area contributed by atoms with Gasteiger partial charge >= 0.3 is 0 Å². The fourth-order valence-corrected chi connectivity index (χ4v) is 10.9. The number of unbranched alkanes of at least 4 members (excludes halogenated alkanes) is 42. The van der Waals surface area contributed by atoms with Crippen LogP contribution in [0.1, 0.15) is 328 Å². The van der Waals surface area contributed by atoms with Gasteiger partial charge < -0.3 is 40.3 Å². The van der Waals surface area contributed by atoms with E-state index in [1.807, 2.05) is 6.08 Å². The predicted octanol–water partition coefficient (Wildman–Crippen LogP) is 18.6. The molecule has 7 atom stereocenters. The molecule has 0 saturated carbocycles. The molecule has 7 unspecified atom stereocenters. The Bertz CT molecular complexity index is 1450. The van der Waals surface area contributed by atoms with Crippen molar-refractivity contribution in [3.8, 4) is 0 Å². The molecule has 0 aliphatic carbocycles. The van der Waals surface area contributed by atoms with Gasteiger partial charge in [0.25, 0.3) is 0 Å². The van der Waals surface area contributed by atoms with Crippen LogP contribution in [0.5, 0.6) is 0 Å². The largest absolute Gasteiger partial charge is 0.394 e. The molecule has 0 spiro atoms. The van der Waals surface area contributed by atoms with Crippen molar-refractivity contribution in [2.45, 2.75) is 371 Å². The summed E-state index contributed by atoms with van der Waals surface area (Å²) in [5.41, 5.74) is 0. The highest BCUT2D eigenvalue weighted by Gasteiger charge is 2.44. The third-order valence-corrected chi connectivity index (χ3v) is 16.3. The first-order valence-corrected chi connectivity index (χ1v) is 34.5. The maximum Gasteiger partial charge on any atom is 0.220 e. The van der Waals surface area contributed by atoms with Crippen LogP contribution in [0.3, 0.4) is 0 Å². The average molecular weight is 1130 g/mol. The van der Waals surface area contributed by atoms with Gasteiger partial charge in [-0.05, 0) is 77.0 Å². The van der Waals surface area contributed by atoms with Crippen molar-refractivity contribution in [2.24, 2.45) is 0 Å². The molecule has 1 fully saturated rings. The average Bonchev–Trinajstić information content (AvgIpc) is 3.46.